The molecule has 0 aliphatic heterocycles. The van der Waals surface area contributed by atoms with Crippen LogP contribution in [0, 0.1) is 11.6 Å². The molecule has 5 heteroatoms. The van der Waals surface area contributed by atoms with E-state index in [1.807, 2.05) is 43.3 Å². The summed E-state index contributed by atoms with van der Waals surface area (Å²) in [6, 6.07) is 18.8. The molecule has 0 saturated heterocycles. The number of aryl methyl sites for hydroxylation is 1. The van der Waals surface area contributed by atoms with Gasteiger partial charge in [0.05, 0.1) is 0 Å². The molecule has 0 spiro atoms. The first-order valence-electron chi connectivity index (χ1n) is 10.3. The molecule has 3 aromatic carbocycles. The van der Waals surface area contributed by atoms with Crippen molar-refractivity contribution in [2.45, 2.75) is 32.7 Å². The van der Waals surface area contributed by atoms with Crippen molar-refractivity contribution in [2.75, 3.05) is 0 Å². The van der Waals surface area contributed by atoms with E-state index < -0.39 is 11.6 Å². The topological polar surface area (TPSA) is 42.2 Å². The summed E-state index contributed by atoms with van der Waals surface area (Å²) in [6.45, 7) is 2.61. The summed E-state index contributed by atoms with van der Waals surface area (Å²) in [6.07, 6.45) is 1.12. The fourth-order valence-corrected chi connectivity index (χ4v) is 4.10. The van der Waals surface area contributed by atoms with Crippen LogP contribution in [-0.4, -0.2) is 15.5 Å². The lowest BCUT2D eigenvalue weighted by Gasteiger charge is -2.11. The average Bonchev–Trinajstić information content (AvgIpc) is 3.07. The highest BCUT2D eigenvalue weighted by Gasteiger charge is 2.22. The van der Waals surface area contributed by atoms with E-state index in [1.165, 1.54) is 6.07 Å². The van der Waals surface area contributed by atoms with Crippen LogP contribution >= 0.6 is 0 Å². The lowest BCUT2D eigenvalue weighted by molar-refractivity contribution is 0.0983. The molecule has 3 nitrogen and oxygen atoms in total. The van der Waals surface area contributed by atoms with E-state index in [-0.39, 0.29) is 18.0 Å². The fourth-order valence-electron chi connectivity index (χ4n) is 4.10. The van der Waals surface area contributed by atoms with Crippen molar-refractivity contribution in [2.24, 2.45) is 0 Å². The lowest BCUT2D eigenvalue weighted by atomic mass is 9.99. The number of rotatable bonds is 7. The number of nitrogens with zero attached hydrogens (tertiary/aromatic N) is 1. The van der Waals surface area contributed by atoms with Gasteiger partial charge in [0.2, 0.25) is 0 Å². The van der Waals surface area contributed by atoms with Crippen LogP contribution in [0.3, 0.4) is 0 Å². The van der Waals surface area contributed by atoms with Crippen LogP contribution in [0.15, 0.2) is 66.7 Å². The first-order valence-corrected chi connectivity index (χ1v) is 10.3. The summed E-state index contributed by atoms with van der Waals surface area (Å²) in [5.74, 6) is -1.79. The van der Waals surface area contributed by atoms with Crippen LogP contribution in [-0.2, 0) is 19.4 Å². The third-order valence-corrected chi connectivity index (χ3v) is 5.58. The van der Waals surface area contributed by atoms with Gasteiger partial charge in [-0.05, 0) is 54.3 Å². The van der Waals surface area contributed by atoms with Crippen molar-refractivity contribution >= 4 is 16.7 Å². The van der Waals surface area contributed by atoms with Crippen molar-refractivity contribution in [3.63, 3.8) is 0 Å². The highest BCUT2D eigenvalue weighted by molar-refractivity contribution is 6.10. The Morgan fingerprint density at radius 1 is 0.935 bits per heavy atom. The third-order valence-electron chi connectivity index (χ3n) is 5.58. The van der Waals surface area contributed by atoms with Gasteiger partial charge in [-0.25, -0.2) is 8.78 Å². The lowest BCUT2D eigenvalue weighted by Crippen LogP contribution is -2.09. The number of ketones is 1. The second kappa shape index (κ2) is 8.72. The summed E-state index contributed by atoms with van der Waals surface area (Å²) in [7, 11) is 0. The zero-order valence-corrected chi connectivity index (χ0v) is 17.2. The van der Waals surface area contributed by atoms with Crippen LogP contribution < -0.4 is 0 Å². The molecule has 1 N–H and O–H groups in total. The highest BCUT2D eigenvalue weighted by Crippen LogP contribution is 2.32. The first kappa shape index (κ1) is 20.8. The number of Topliss-reactive ketones (excluding diaryl/α,β-unsaturated/α-hetero) is 1. The van der Waals surface area contributed by atoms with Crippen molar-refractivity contribution in [3.05, 3.63) is 101 Å². The molecule has 0 bridgehead atoms. The molecule has 4 rings (SSSR count). The number of hydrogen-bond donors (Lipinski definition) is 1. The minimum atomic E-state index is -0.913. The number of phenolic OH excluding ortho intramolecular Hbond substituents is 1. The highest BCUT2D eigenvalue weighted by atomic mass is 19.2. The molecular formula is C26H23F2NO2. The van der Waals surface area contributed by atoms with E-state index >= 15 is 0 Å². The van der Waals surface area contributed by atoms with Crippen LogP contribution in [0.25, 0.3) is 10.9 Å². The fraction of sp³-hybridized carbons (Fsp3) is 0.192. The summed E-state index contributed by atoms with van der Waals surface area (Å²) < 4.78 is 28.8. The Kier molecular flexibility index (Phi) is 5.85. The second-order valence-electron chi connectivity index (χ2n) is 7.62. The van der Waals surface area contributed by atoms with Crippen LogP contribution in [0.5, 0.6) is 5.75 Å². The van der Waals surface area contributed by atoms with E-state index in [4.69, 9.17) is 0 Å². The molecule has 0 aliphatic rings. The Labute approximate surface area is 179 Å². The zero-order valence-electron chi connectivity index (χ0n) is 17.2. The number of fused-ring (bicyclic) bond motifs is 1. The molecule has 0 atom stereocenters. The molecular weight excluding hydrogens is 396 g/mol. The monoisotopic (exact) mass is 419 g/mol. The predicted molar refractivity (Wildman–Crippen MR) is 118 cm³/mol. The van der Waals surface area contributed by atoms with Gasteiger partial charge in [-0.1, -0.05) is 43.3 Å². The standard InChI is InChI=1S/C26H23F2NO2/c1-2-23-26(25(31)13-9-17-8-11-21(27)22(28)14-17)20-15-19(30)10-12-24(20)29(23)16-18-6-4-3-5-7-18/h3-8,10-12,14-15,30H,2,9,13,16H2,1H3. The predicted octanol–water partition coefficient (Wildman–Crippen LogP) is 6.05. The number of aromatic nitrogens is 1. The molecule has 31 heavy (non-hydrogen) atoms. The van der Waals surface area contributed by atoms with Gasteiger partial charge in [0, 0.05) is 35.1 Å². The SMILES string of the molecule is CCc1c(C(=O)CCc2ccc(F)c(F)c2)c2cc(O)ccc2n1Cc1ccccc1. The van der Waals surface area contributed by atoms with Crippen LogP contribution in [0.4, 0.5) is 8.78 Å². The number of hydrogen-bond acceptors (Lipinski definition) is 2. The summed E-state index contributed by atoms with van der Waals surface area (Å²) in [4.78, 5) is 13.3. The number of phenols is 1. The Morgan fingerprint density at radius 2 is 1.71 bits per heavy atom. The van der Waals surface area contributed by atoms with Gasteiger partial charge >= 0.3 is 0 Å². The maximum absolute atomic E-state index is 13.5. The number of carbonyl (C=O) groups excluding carboxylic acids is 1. The Morgan fingerprint density at radius 3 is 2.42 bits per heavy atom. The van der Waals surface area contributed by atoms with Crippen molar-refractivity contribution in [1.82, 2.24) is 4.57 Å². The molecule has 0 fully saturated rings. The average molecular weight is 419 g/mol. The number of aromatic hydroxyl groups is 1. The van der Waals surface area contributed by atoms with E-state index in [0.717, 1.165) is 28.9 Å². The van der Waals surface area contributed by atoms with Crippen molar-refractivity contribution in [3.8, 4) is 5.75 Å². The Balaban J connectivity index is 1.72. The molecule has 4 aromatic rings. The van der Waals surface area contributed by atoms with Crippen molar-refractivity contribution in [1.29, 1.82) is 0 Å². The Hall–Kier alpha value is -3.47. The first-order chi connectivity index (χ1) is 15.0. The van der Waals surface area contributed by atoms with Gasteiger partial charge in [0.15, 0.2) is 17.4 Å². The molecule has 0 unspecified atom stereocenters. The Bertz CT molecular complexity index is 1250. The van der Waals surface area contributed by atoms with E-state index in [1.54, 1.807) is 12.1 Å². The van der Waals surface area contributed by atoms with Crippen LogP contribution in [0.1, 0.15) is 40.5 Å². The second-order valence-corrected chi connectivity index (χ2v) is 7.62. The molecule has 0 aliphatic carbocycles. The van der Waals surface area contributed by atoms with Crippen LogP contribution in [0.2, 0.25) is 0 Å². The van der Waals surface area contributed by atoms with Gasteiger partial charge in [-0.3, -0.25) is 4.79 Å². The third kappa shape index (κ3) is 4.22. The van der Waals surface area contributed by atoms with E-state index in [0.29, 0.717) is 35.9 Å². The normalized spacial score (nSPS) is 11.2. The van der Waals surface area contributed by atoms with Gasteiger partial charge < -0.3 is 9.67 Å². The zero-order chi connectivity index (χ0) is 22.0. The maximum atomic E-state index is 13.5. The molecule has 0 radical (unpaired) electrons. The van der Waals surface area contributed by atoms with E-state index in [2.05, 4.69) is 4.57 Å². The number of carbonyl (C=O) groups is 1. The van der Waals surface area contributed by atoms with Gasteiger partial charge in [-0.2, -0.15) is 0 Å². The largest absolute Gasteiger partial charge is 0.508 e. The summed E-state index contributed by atoms with van der Waals surface area (Å²) in [5.41, 5.74) is 4.06. The minimum Gasteiger partial charge on any atom is -0.508 e. The van der Waals surface area contributed by atoms with Gasteiger partial charge in [0.25, 0.3) is 0 Å². The quantitative estimate of drug-likeness (QED) is 0.371. The summed E-state index contributed by atoms with van der Waals surface area (Å²) in [5, 5.41) is 10.8. The summed E-state index contributed by atoms with van der Waals surface area (Å²) >= 11 is 0. The number of halogens is 2. The molecule has 0 amide bonds. The molecule has 158 valence electrons. The molecule has 0 saturated carbocycles. The molecule has 1 heterocycles. The molecule has 1 aromatic heterocycles. The minimum absolute atomic E-state index is 0.0796. The van der Waals surface area contributed by atoms with E-state index in [9.17, 15) is 18.7 Å². The van der Waals surface area contributed by atoms with Crippen molar-refractivity contribution < 1.29 is 18.7 Å². The van der Waals surface area contributed by atoms with Gasteiger partial charge in [-0.15, -0.1) is 0 Å². The number of benzene rings is 3. The van der Waals surface area contributed by atoms with Gasteiger partial charge in [0.1, 0.15) is 5.75 Å². The maximum Gasteiger partial charge on any atom is 0.165 e. The smallest absolute Gasteiger partial charge is 0.165 e.